The smallest absolute Gasteiger partial charge is 0.304 e. The number of carboxylic acid groups (broad SMARTS) is 1. The number of carbonyl (C=O) groups is 1. The SMILES string of the molecule is CCC(C)CC(CC)N(CCC(=O)O)C(C)(C)C. The molecule has 0 fully saturated rings. The third-order valence-corrected chi connectivity index (χ3v) is 3.71. The maximum atomic E-state index is 10.8. The van der Waals surface area contributed by atoms with Crippen LogP contribution in [0.4, 0.5) is 0 Å². The number of carboxylic acids is 1. The van der Waals surface area contributed by atoms with Gasteiger partial charge in [0, 0.05) is 18.1 Å². The zero-order valence-corrected chi connectivity index (χ0v) is 13.0. The number of hydrogen-bond acceptors (Lipinski definition) is 2. The second kappa shape index (κ2) is 7.78. The van der Waals surface area contributed by atoms with Crippen LogP contribution in [-0.4, -0.2) is 34.1 Å². The minimum atomic E-state index is -0.706. The van der Waals surface area contributed by atoms with Gasteiger partial charge in [0.1, 0.15) is 0 Å². The largest absolute Gasteiger partial charge is 0.481 e. The van der Waals surface area contributed by atoms with E-state index in [1.54, 1.807) is 0 Å². The summed E-state index contributed by atoms with van der Waals surface area (Å²) in [5.74, 6) is -0.00716. The van der Waals surface area contributed by atoms with Gasteiger partial charge < -0.3 is 5.11 Å². The van der Waals surface area contributed by atoms with E-state index in [1.807, 2.05) is 0 Å². The highest BCUT2D eigenvalue weighted by molar-refractivity contribution is 5.66. The third kappa shape index (κ3) is 6.39. The first-order valence-corrected chi connectivity index (χ1v) is 7.20. The summed E-state index contributed by atoms with van der Waals surface area (Å²) in [6, 6.07) is 0.485. The zero-order chi connectivity index (χ0) is 14.3. The van der Waals surface area contributed by atoms with Gasteiger partial charge in [0.25, 0.3) is 0 Å². The molecule has 0 aliphatic carbocycles. The number of rotatable bonds is 8. The topological polar surface area (TPSA) is 40.5 Å². The zero-order valence-electron chi connectivity index (χ0n) is 13.0. The van der Waals surface area contributed by atoms with Gasteiger partial charge in [-0.15, -0.1) is 0 Å². The van der Waals surface area contributed by atoms with Crippen LogP contribution in [0, 0.1) is 5.92 Å². The van der Waals surface area contributed by atoms with Gasteiger partial charge in [0.05, 0.1) is 6.42 Å². The van der Waals surface area contributed by atoms with E-state index >= 15 is 0 Å². The van der Waals surface area contributed by atoms with Gasteiger partial charge in [0.15, 0.2) is 0 Å². The number of nitrogens with zero attached hydrogens (tertiary/aromatic N) is 1. The van der Waals surface area contributed by atoms with Crippen molar-refractivity contribution in [2.75, 3.05) is 6.54 Å². The monoisotopic (exact) mass is 257 g/mol. The molecule has 0 aromatic rings. The van der Waals surface area contributed by atoms with E-state index < -0.39 is 5.97 Å². The van der Waals surface area contributed by atoms with Crippen LogP contribution in [0.25, 0.3) is 0 Å². The highest BCUT2D eigenvalue weighted by Gasteiger charge is 2.28. The van der Waals surface area contributed by atoms with Crippen molar-refractivity contribution in [2.24, 2.45) is 5.92 Å². The molecule has 0 heterocycles. The van der Waals surface area contributed by atoms with Gasteiger partial charge in [0.2, 0.25) is 0 Å². The maximum absolute atomic E-state index is 10.8. The lowest BCUT2D eigenvalue weighted by Gasteiger charge is -2.42. The predicted molar refractivity (Wildman–Crippen MR) is 76.9 cm³/mol. The molecule has 108 valence electrons. The summed E-state index contributed by atoms with van der Waals surface area (Å²) in [6.07, 6.45) is 3.66. The molecule has 0 spiro atoms. The van der Waals surface area contributed by atoms with Crippen molar-refractivity contribution < 1.29 is 9.90 Å². The molecular formula is C15H31NO2. The number of hydrogen-bond donors (Lipinski definition) is 1. The Kier molecular flexibility index (Phi) is 7.53. The summed E-state index contributed by atoms with van der Waals surface area (Å²) in [6.45, 7) is 13.9. The molecule has 18 heavy (non-hydrogen) atoms. The summed E-state index contributed by atoms with van der Waals surface area (Å²) in [5.41, 5.74) is 0.0313. The summed E-state index contributed by atoms with van der Waals surface area (Å²) in [5, 5.41) is 8.88. The standard InChI is InChI=1S/C15H31NO2/c1-7-12(3)11-13(8-2)16(15(4,5)6)10-9-14(17)18/h12-13H,7-11H2,1-6H3,(H,17,18). The van der Waals surface area contributed by atoms with E-state index in [0.29, 0.717) is 18.5 Å². The van der Waals surface area contributed by atoms with Gasteiger partial charge in [-0.05, 0) is 39.5 Å². The van der Waals surface area contributed by atoms with Crippen molar-refractivity contribution in [3.8, 4) is 0 Å². The quantitative estimate of drug-likeness (QED) is 0.719. The van der Waals surface area contributed by atoms with Crippen molar-refractivity contribution in [1.82, 2.24) is 4.90 Å². The van der Waals surface area contributed by atoms with E-state index in [-0.39, 0.29) is 12.0 Å². The Balaban J connectivity index is 4.73. The molecule has 0 rings (SSSR count). The fourth-order valence-electron chi connectivity index (χ4n) is 2.43. The Hall–Kier alpha value is -0.570. The summed E-state index contributed by atoms with van der Waals surface area (Å²) >= 11 is 0. The van der Waals surface area contributed by atoms with E-state index in [9.17, 15) is 4.79 Å². The van der Waals surface area contributed by atoms with E-state index in [4.69, 9.17) is 5.11 Å². The van der Waals surface area contributed by atoms with Crippen molar-refractivity contribution in [3.05, 3.63) is 0 Å². The first-order valence-electron chi connectivity index (χ1n) is 7.20. The van der Waals surface area contributed by atoms with E-state index in [1.165, 1.54) is 6.42 Å². The van der Waals surface area contributed by atoms with Crippen molar-refractivity contribution >= 4 is 5.97 Å². The van der Waals surface area contributed by atoms with Crippen LogP contribution in [0.3, 0.4) is 0 Å². The first-order chi connectivity index (χ1) is 8.22. The molecule has 0 aromatic heterocycles. The van der Waals surface area contributed by atoms with Crippen LogP contribution in [0.5, 0.6) is 0 Å². The lowest BCUT2D eigenvalue weighted by atomic mass is 9.92. The Morgan fingerprint density at radius 1 is 1.22 bits per heavy atom. The molecule has 1 N–H and O–H groups in total. The highest BCUT2D eigenvalue weighted by Crippen LogP contribution is 2.25. The normalized spacial score (nSPS) is 15.7. The van der Waals surface area contributed by atoms with Crippen LogP contribution in [0.1, 0.15) is 67.2 Å². The third-order valence-electron chi connectivity index (χ3n) is 3.71. The van der Waals surface area contributed by atoms with Crippen LogP contribution >= 0.6 is 0 Å². The second-order valence-electron chi connectivity index (χ2n) is 6.32. The summed E-state index contributed by atoms with van der Waals surface area (Å²) in [4.78, 5) is 13.2. The van der Waals surface area contributed by atoms with Gasteiger partial charge in [-0.25, -0.2) is 0 Å². The van der Waals surface area contributed by atoms with Crippen LogP contribution in [0.15, 0.2) is 0 Å². The molecule has 0 aliphatic heterocycles. The molecule has 0 aromatic carbocycles. The van der Waals surface area contributed by atoms with Gasteiger partial charge in [-0.1, -0.05) is 27.2 Å². The average Bonchev–Trinajstić information content (AvgIpc) is 2.25. The molecule has 2 unspecified atom stereocenters. The molecule has 0 saturated heterocycles. The molecule has 2 atom stereocenters. The van der Waals surface area contributed by atoms with Crippen molar-refractivity contribution in [1.29, 1.82) is 0 Å². The van der Waals surface area contributed by atoms with E-state index in [2.05, 4.69) is 46.4 Å². The maximum Gasteiger partial charge on any atom is 0.304 e. The minimum absolute atomic E-state index is 0.0313. The molecule has 0 radical (unpaired) electrons. The second-order valence-corrected chi connectivity index (χ2v) is 6.32. The van der Waals surface area contributed by atoms with Gasteiger partial charge >= 0.3 is 5.97 Å². The molecule has 0 bridgehead atoms. The fourth-order valence-corrected chi connectivity index (χ4v) is 2.43. The molecule has 3 heteroatoms. The molecular weight excluding hydrogens is 226 g/mol. The average molecular weight is 257 g/mol. The lowest BCUT2D eigenvalue weighted by molar-refractivity contribution is -0.137. The Morgan fingerprint density at radius 2 is 1.78 bits per heavy atom. The predicted octanol–water partition coefficient (Wildman–Crippen LogP) is 3.78. The lowest BCUT2D eigenvalue weighted by Crippen LogP contribution is -2.49. The number of aliphatic carboxylic acids is 1. The van der Waals surface area contributed by atoms with Gasteiger partial charge in [-0.3, -0.25) is 9.69 Å². The van der Waals surface area contributed by atoms with Crippen molar-refractivity contribution in [3.63, 3.8) is 0 Å². The molecule has 0 aliphatic rings. The van der Waals surface area contributed by atoms with Crippen LogP contribution < -0.4 is 0 Å². The van der Waals surface area contributed by atoms with Crippen molar-refractivity contribution in [2.45, 2.75) is 78.8 Å². The minimum Gasteiger partial charge on any atom is -0.481 e. The van der Waals surface area contributed by atoms with Crippen LogP contribution in [-0.2, 0) is 4.79 Å². The Bertz CT molecular complexity index is 245. The van der Waals surface area contributed by atoms with Gasteiger partial charge in [-0.2, -0.15) is 0 Å². The highest BCUT2D eigenvalue weighted by atomic mass is 16.4. The Labute approximate surface area is 113 Å². The molecule has 3 nitrogen and oxygen atoms in total. The first kappa shape index (κ1) is 17.4. The molecule has 0 saturated carbocycles. The van der Waals surface area contributed by atoms with E-state index in [0.717, 1.165) is 12.8 Å². The van der Waals surface area contributed by atoms with Crippen LogP contribution in [0.2, 0.25) is 0 Å². The summed E-state index contributed by atoms with van der Waals surface area (Å²) < 4.78 is 0. The molecule has 0 amide bonds. The Morgan fingerprint density at radius 3 is 2.11 bits per heavy atom. The summed E-state index contributed by atoms with van der Waals surface area (Å²) in [7, 11) is 0. The fraction of sp³-hybridized carbons (Fsp3) is 0.933.